The molecule has 5 nitrogen and oxygen atoms in total. The molecule has 0 saturated heterocycles. The Kier molecular flexibility index (Phi) is 3.50. The zero-order valence-electron chi connectivity index (χ0n) is 7.60. The summed E-state index contributed by atoms with van der Waals surface area (Å²) in [5.74, 6) is -0.0498. The van der Waals surface area contributed by atoms with Crippen LogP contribution in [0.2, 0.25) is 0 Å². The van der Waals surface area contributed by atoms with E-state index in [4.69, 9.17) is 10.0 Å². The summed E-state index contributed by atoms with van der Waals surface area (Å²) in [4.78, 5) is 10.8. The Morgan fingerprint density at radius 1 is 1.43 bits per heavy atom. The minimum absolute atomic E-state index is 0.206. The Labute approximate surface area is 81.5 Å². The van der Waals surface area contributed by atoms with E-state index in [9.17, 15) is 4.79 Å². The molecule has 0 heterocycles. The first-order valence-corrected chi connectivity index (χ1v) is 3.99. The van der Waals surface area contributed by atoms with Gasteiger partial charge < -0.3 is 20.0 Å². The van der Waals surface area contributed by atoms with E-state index in [1.165, 1.54) is 13.0 Å². The summed E-state index contributed by atoms with van der Waals surface area (Å²) in [6.07, 6.45) is 0. The SMILES string of the molecule is CC(=O)Nc1ccccc1OB(O)O. The van der Waals surface area contributed by atoms with Gasteiger partial charge in [0.25, 0.3) is 0 Å². The quantitative estimate of drug-likeness (QED) is 0.592. The maximum atomic E-state index is 10.8. The molecule has 0 saturated carbocycles. The molecule has 0 aliphatic carbocycles. The number of hydrogen-bond donors (Lipinski definition) is 3. The Morgan fingerprint density at radius 3 is 2.64 bits per heavy atom. The number of carbonyl (C=O) groups is 1. The Balaban J connectivity index is 2.85. The number of anilines is 1. The van der Waals surface area contributed by atoms with Gasteiger partial charge in [-0.15, -0.1) is 0 Å². The lowest BCUT2D eigenvalue weighted by molar-refractivity contribution is -0.114. The van der Waals surface area contributed by atoms with Crippen LogP contribution in [0.4, 0.5) is 5.69 Å². The molecule has 0 bridgehead atoms. The van der Waals surface area contributed by atoms with Gasteiger partial charge in [0, 0.05) is 6.92 Å². The van der Waals surface area contributed by atoms with Crippen molar-refractivity contribution in [2.24, 2.45) is 0 Å². The topological polar surface area (TPSA) is 78.8 Å². The van der Waals surface area contributed by atoms with Gasteiger partial charge in [0.2, 0.25) is 5.91 Å². The van der Waals surface area contributed by atoms with Gasteiger partial charge in [-0.05, 0) is 12.1 Å². The largest absolute Gasteiger partial charge is 0.707 e. The Hall–Kier alpha value is -1.53. The molecule has 1 amide bonds. The minimum Gasteiger partial charge on any atom is -0.510 e. The van der Waals surface area contributed by atoms with Gasteiger partial charge in [0.05, 0.1) is 5.69 Å². The van der Waals surface area contributed by atoms with Crippen molar-refractivity contribution in [3.63, 3.8) is 0 Å². The standard InChI is InChI=1S/C8H10BNO4/c1-6(11)10-7-4-2-3-5-8(7)14-9(12)13/h2-5,12-13H,1H3,(H,10,11). The van der Waals surface area contributed by atoms with Crippen LogP contribution in [0.5, 0.6) is 5.75 Å². The van der Waals surface area contributed by atoms with E-state index >= 15 is 0 Å². The van der Waals surface area contributed by atoms with E-state index in [-0.39, 0.29) is 11.7 Å². The lowest BCUT2D eigenvalue weighted by atomic mass is 10.2. The van der Waals surface area contributed by atoms with Crippen LogP contribution >= 0.6 is 0 Å². The van der Waals surface area contributed by atoms with Crippen LogP contribution in [0, 0.1) is 0 Å². The summed E-state index contributed by atoms with van der Waals surface area (Å²) >= 11 is 0. The van der Waals surface area contributed by atoms with Crippen LogP contribution in [-0.2, 0) is 4.79 Å². The van der Waals surface area contributed by atoms with Gasteiger partial charge in [0.15, 0.2) is 0 Å². The number of hydrogen-bond acceptors (Lipinski definition) is 4. The smallest absolute Gasteiger partial charge is 0.510 e. The summed E-state index contributed by atoms with van der Waals surface area (Å²) in [6.45, 7) is 1.35. The molecule has 1 aromatic rings. The van der Waals surface area contributed by atoms with Crippen LogP contribution < -0.4 is 9.97 Å². The first-order valence-electron chi connectivity index (χ1n) is 3.99. The van der Waals surface area contributed by atoms with Crippen LogP contribution in [0.3, 0.4) is 0 Å². The molecule has 0 fully saturated rings. The summed E-state index contributed by atoms with van der Waals surface area (Å²) in [7, 11) is -1.90. The highest BCUT2D eigenvalue weighted by molar-refractivity contribution is 6.34. The van der Waals surface area contributed by atoms with Crippen LogP contribution in [-0.4, -0.2) is 23.3 Å². The number of rotatable bonds is 3. The van der Waals surface area contributed by atoms with Crippen molar-refractivity contribution < 1.29 is 19.5 Å². The van der Waals surface area contributed by atoms with Crippen molar-refractivity contribution in [3.8, 4) is 5.75 Å². The molecule has 14 heavy (non-hydrogen) atoms. The predicted octanol–water partition coefficient (Wildman–Crippen LogP) is -0.00670. The highest BCUT2D eigenvalue weighted by atomic mass is 16.6. The number of carbonyl (C=O) groups excluding carboxylic acids is 1. The molecule has 6 heteroatoms. The number of amides is 1. The maximum Gasteiger partial charge on any atom is 0.707 e. The van der Waals surface area contributed by atoms with Crippen LogP contribution in [0.1, 0.15) is 6.92 Å². The number of nitrogens with one attached hydrogen (secondary N) is 1. The van der Waals surface area contributed by atoms with Gasteiger partial charge >= 0.3 is 7.32 Å². The summed E-state index contributed by atoms with van der Waals surface area (Å²) < 4.78 is 4.64. The predicted molar refractivity (Wildman–Crippen MR) is 51.6 cm³/mol. The lowest BCUT2D eigenvalue weighted by Crippen LogP contribution is -2.21. The second-order valence-electron chi connectivity index (χ2n) is 2.62. The maximum absolute atomic E-state index is 10.8. The van der Waals surface area contributed by atoms with Crippen molar-refractivity contribution in [1.82, 2.24) is 0 Å². The first kappa shape index (κ1) is 10.6. The third kappa shape index (κ3) is 3.08. The molecule has 0 radical (unpaired) electrons. The second-order valence-corrected chi connectivity index (χ2v) is 2.62. The van der Waals surface area contributed by atoms with Gasteiger partial charge in [-0.3, -0.25) is 4.79 Å². The normalized spacial score (nSPS) is 9.36. The van der Waals surface area contributed by atoms with E-state index in [2.05, 4.69) is 9.97 Å². The van der Waals surface area contributed by atoms with Crippen molar-refractivity contribution >= 4 is 18.9 Å². The average Bonchev–Trinajstić information content (AvgIpc) is 2.06. The van der Waals surface area contributed by atoms with Gasteiger partial charge in [0.1, 0.15) is 5.75 Å². The second kappa shape index (κ2) is 4.64. The zero-order chi connectivity index (χ0) is 10.6. The average molecular weight is 195 g/mol. The number of benzene rings is 1. The molecule has 0 spiro atoms. The van der Waals surface area contributed by atoms with Crippen molar-refractivity contribution in [3.05, 3.63) is 24.3 Å². The van der Waals surface area contributed by atoms with Gasteiger partial charge in [-0.25, -0.2) is 0 Å². The fraction of sp³-hybridized carbons (Fsp3) is 0.125. The molecule has 74 valence electrons. The monoisotopic (exact) mass is 195 g/mol. The Morgan fingerprint density at radius 2 is 2.07 bits per heavy atom. The Bertz CT molecular complexity index is 329. The molecule has 0 aliphatic rings. The van der Waals surface area contributed by atoms with E-state index < -0.39 is 7.32 Å². The summed E-state index contributed by atoms with van der Waals surface area (Å²) in [5, 5.41) is 19.7. The van der Waals surface area contributed by atoms with Crippen LogP contribution in [0.15, 0.2) is 24.3 Å². The first-order chi connectivity index (χ1) is 6.59. The van der Waals surface area contributed by atoms with Crippen molar-refractivity contribution in [2.45, 2.75) is 6.92 Å². The molecular formula is C8H10BNO4. The van der Waals surface area contributed by atoms with Gasteiger partial charge in [-0.1, -0.05) is 12.1 Å². The van der Waals surface area contributed by atoms with Crippen molar-refractivity contribution in [1.29, 1.82) is 0 Å². The molecule has 0 aromatic heterocycles. The molecule has 1 rings (SSSR count). The minimum atomic E-state index is -1.90. The number of para-hydroxylation sites is 2. The zero-order valence-corrected chi connectivity index (χ0v) is 7.60. The van der Waals surface area contributed by atoms with Crippen LogP contribution in [0.25, 0.3) is 0 Å². The highest BCUT2D eigenvalue weighted by Gasteiger charge is 2.13. The molecule has 3 N–H and O–H groups in total. The molecule has 1 aromatic carbocycles. The van der Waals surface area contributed by atoms with E-state index in [0.717, 1.165) is 0 Å². The molecule has 0 atom stereocenters. The van der Waals surface area contributed by atoms with E-state index in [1.54, 1.807) is 18.2 Å². The van der Waals surface area contributed by atoms with Gasteiger partial charge in [-0.2, -0.15) is 0 Å². The molecular weight excluding hydrogens is 185 g/mol. The molecule has 0 unspecified atom stereocenters. The molecule has 0 aliphatic heterocycles. The summed E-state index contributed by atoms with van der Waals surface area (Å²) in [5.41, 5.74) is 0.396. The summed E-state index contributed by atoms with van der Waals surface area (Å²) in [6, 6.07) is 6.47. The van der Waals surface area contributed by atoms with E-state index in [0.29, 0.717) is 5.69 Å². The lowest BCUT2D eigenvalue weighted by Gasteiger charge is -2.10. The third-order valence-corrected chi connectivity index (χ3v) is 1.43. The van der Waals surface area contributed by atoms with Crippen molar-refractivity contribution in [2.75, 3.05) is 5.32 Å². The van der Waals surface area contributed by atoms with E-state index in [1.807, 2.05) is 0 Å². The third-order valence-electron chi connectivity index (χ3n) is 1.43. The fourth-order valence-electron chi connectivity index (χ4n) is 0.976. The highest BCUT2D eigenvalue weighted by Crippen LogP contribution is 2.23. The fourth-order valence-corrected chi connectivity index (χ4v) is 0.976.